The number of amides is 1. The van der Waals surface area contributed by atoms with Gasteiger partial charge in [-0.05, 0) is 31.5 Å². The quantitative estimate of drug-likeness (QED) is 0.862. The lowest BCUT2D eigenvalue weighted by molar-refractivity contribution is -0.136. The van der Waals surface area contributed by atoms with Crippen molar-refractivity contribution in [3.8, 4) is 0 Å². The van der Waals surface area contributed by atoms with Gasteiger partial charge in [0.2, 0.25) is 5.91 Å². The fraction of sp³-hybridized carbons (Fsp3) is 0.533. The molecule has 0 aliphatic rings. The largest absolute Gasteiger partial charge is 0.389 e. The van der Waals surface area contributed by atoms with Crippen molar-refractivity contribution in [3.63, 3.8) is 0 Å². The average molecular weight is 283 g/mol. The Labute approximate surface area is 119 Å². The molecule has 1 aromatic rings. The fourth-order valence-corrected chi connectivity index (χ4v) is 2.12. The molecule has 4 nitrogen and oxygen atoms in total. The summed E-state index contributed by atoms with van der Waals surface area (Å²) in [6.45, 7) is 3.82. The highest BCUT2D eigenvalue weighted by atomic mass is 19.1. The Hall–Kier alpha value is -1.46. The molecule has 1 rings (SSSR count). The molecular weight excluding hydrogens is 261 g/mol. The van der Waals surface area contributed by atoms with E-state index in [1.165, 1.54) is 24.1 Å². The van der Waals surface area contributed by atoms with Crippen molar-refractivity contribution < 1.29 is 19.0 Å². The molecule has 1 atom stereocenters. The number of methoxy groups -OCH3 is 1. The van der Waals surface area contributed by atoms with Crippen molar-refractivity contribution in [1.82, 2.24) is 4.90 Å². The summed E-state index contributed by atoms with van der Waals surface area (Å²) in [5, 5.41) is 9.67. The van der Waals surface area contributed by atoms with Gasteiger partial charge in [-0.25, -0.2) is 4.39 Å². The van der Waals surface area contributed by atoms with Crippen molar-refractivity contribution in [1.29, 1.82) is 0 Å². The van der Waals surface area contributed by atoms with E-state index in [2.05, 4.69) is 0 Å². The molecule has 0 radical (unpaired) electrons. The van der Waals surface area contributed by atoms with E-state index in [1.807, 2.05) is 0 Å². The van der Waals surface area contributed by atoms with E-state index in [0.717, 1.165) is 0 Å². The number of carbonyl (C=O) groups is 1. The van der Waals surface area contributed by atoms with Crippen molar-refractivity contribution in [2.24, 2.45) is 0 Å². The Kier molecular flexibility index (Phi) is 5.65. The minimum atomic E-state index is -0.857. The summed E-state index contributed by atoms with van der Waals surface area (Å²) < 4.78 is 18.1. The standard InChI is InChI=1S/C15H22FNO3/c1-15(2,11-6-5-7-12(16)8-11)14(19)17(3)9-13(18)10-20-4/h5-8,13,18H,9-10H2,1-4H3/t13-/m1/s1. The molecule has 0 aliphatic carbocycles. The molecule has 0 unspecified atom stereocenters. The van der Waals surface area contributed by atoms with Crippen LogP contribution in [0.3, 0.4) is 0 Å². The second-order valence-corrected chi connectivity index (χ2v) is 5.43. The zero-order valence-corrected chi connectivity index (χ0v) is 12.4. The maximum atomic E-state index is 13.3. The van der Waals surface area contributed by atoms with Gasteiger partial charge < -0.3 is 14.7 Å². The molecule has 0 aromatic heterocycles. The van der Waals surface area contributed by atoms with Gasteiger partial charge in [-0.3, -0.25) is 4.79 Å². The van der Waals surface area contributed by atoms with Crippen LogP contribution in [0, 0.1) is 5.82 Å². The third-order valence-electron chi connectivity index (χ3n) is 3.27. The van der Waals surface area contributed by atoms with E-state index in [4.69, 9.17) is 4.74 Å². The van der Waals surface area contributed by atoms with Crippen molar-refractivity contribution >= 4 is 5.91 Å². The molecule has 1 amide bonds. The summed E-state index contributed by atoms with van der Waals surface area (Å²) in [5.74, 6) is -0.552. The minimum absolute atomic E-state index is 0.165. The third-order valence-corrected chi connectivity index (χ3v) is 3.27. The number of likely N-dealkylation sites (N-methyl/N-ethyl adjacent to an activating group) is 1. The molecule has 5 heteroatoms. The van der Waals surface area contributed by atoms with Crippen LogP contribution in [0.15, 0.2) is 24.3 Å². The normalized spacial score (nSPS) is 13.1. The number of carbonyl (C=O) groups excluding carboxylic acids is 1. The second kappa shape index (κ2) is 6.81. The van der Waals surface area contributed by atoms with Gasteiger partial charge in [0.25, 0.3) is 0 Å². The summed E-state index contributed by atoms with van der Waals surface area (Å²) in [6.07, 6.45) is -0.739. The predicted octanol–water partition coefficient (Wildman–Crippen LogP) is 1.57. The lowest BCUT2D eigenvalue weighted by atomic mass is 9.83. The second-order valence-electron chi connectivity index (χ2n) is 5.43. The first-order chi connectivity index (χ1) is 9.28. The lowest BCUT2D eigenvalue weighted by Gasteiger charge is -2.31. The Balaban J connectivity index is 2.83. The molecule has 0 saturated heterocycles. The van der Waals surface area contributed by atoms with Gasteiger partial charge in [-0.2, -0.15) is 0 Å². The van der Waals surface area contributed by atoms with Crippen molar-refractivity contribution in [2.75, 3.05) is 27.3 Å². The molecule has 0 aliphatic heterocycles. The molecule has 0 fully saturated rings. The molecule has 0 spiro atoms. The molecule has 1 N–H and O–H groups in total. The zero-order valence-electron chi connectivity index (χ0n) is 12.4. The number of hydrogen-bond donors (Lipinski definition) is 1. The molecule has 20 heavy (non-hydrogen) atoms. The van der Waals surface area contributed by atoms with Gasteiger partial charge in [0.1, 0.15) is 5.82 Å². The van der Waals surface area contributed by atoms with E-state index < -0.39 is 11.5 Å². The van der Waals surface area contributed by atoms with Crippen LogP contribution in [0.4, 0.5) is 4.39 Å². The van der Waals surface area contributed by atoms with Crippen LogP contribution in [0.2, 0.25) is 0 Å². The van der Waals surface area contributed by atoms with Gasteiger partial charge in [0, 0.05) is 20.7 Å². The number of nitrogens with zero attached hydrogens (tertiary/aromatic N) is 1. The molecule has 112 valence electrons. The molecule has 0 saturated carbocycles. The Morgan fingerprint density at radius 2 is 2.15 bits per heavy atom. The molecule has 0 bridgehead atoms. The average Bonchev–Trinajstić information content (AvgIpc) is 2.37. The van der Waals surface area contributed by atoms with Crippen LogP contribution in [0.25, 0.3) is 0 Å². The number of halogens is 1. The Morgan fingerprint density at radius 1 is 1.50 bits per heavy atom. The topological polar surface area (TPSA) is 49.8 Å². The van der Waals surface area contributed by atoms with Crippen molar-refractivity contribution in [3.05, 3.63) is 35.6 Å². The van der Waals surface area contributed by atoms with E-state index >= 15 is 0 Å². The summed E-state index contributed by atoms with van der Waals surface area (Å²) in [5.41, 5.74) is -0.250. The number of rotatable bonds is 6. The zero-order chi connectivity index (χ0) is 15.3. The number of aliphatic hydroxyl groups is 1. The summed E-state index contributed by atoms with van der Waals surface area (Å²) in [4.78, 5) is 13.9. The molecular formula is C15H22FNO3. The maximum absolute atomic E-state index is 13.3. The van der Waals surface area contributed by atoms with E-state index in [0.29, 0.717) is 5.56 Å². The summed E-state index contributed by atoms with van der Waals surface area (Å²) in [6, 6.07) is 6.01. The first-order valence-corrected chi connectivity index (χ1v) is 6.47. The predicted molar refractivity (Wildman–Crippen MR) is 74.9 cm³/mol. The smallest absolute Gasteiger partial charge is 0.232 e. The number of aliphatic hydroxyl groups excluding tert-OH is 1. The lowest BCUT2D eigenvalue weighted by Crippen LogP contribution is -2.45. The highest BCUT2D eigenvalue weighted by Crippen LogP contribution is 2.26. The van der Waals surface area contributed by atoms with Gasteiger partial charge in [0.15, 0.2) is 0 Å². The van der Waals surface area contributed by atoms with Gasteiger partial charge in [0.05, 0.1) is 18.1 Å². The first-order valence-electron chi connectivity index (χ1n) is 6.47. The minimum Gasteiger partial charge on any atom is -0.389 e. The summed E-state index contributed by atoms with van der Waals surface area (Å²) in [7, 11) is 3.10. The van der Waals surface area contributed by atoms with Crippen LogP contribution in [-0.4, -0.2) is 49.3 Å². The van der Waals surface area contributed by atoms with E-state index in [-0.39, 0.29) is 24.9 Å². The van der Waals surface area contributed by atoms with Gasteiger partial charge >= 0.3 is 0 Å². The monoisotopic (exact) mass is 283 g/mol. The molecule has 1 aromatic carbocycles. The highest BCUT2D eigenvalue weighted by molar-refractivity contribution is 5.87. The maximum Gasteiger partial charge on any atom is 0.232 e. The summed E-state index contributed by atoms with van der Waals surface area (Å²) >= 11 is 0. The number of ether oxygens (including phenoxy) is 1. The van der Waals surface area contributed by atoms with E-state index in [9.17, 15) is 14.3 Å². The number of benzene rings is 1. The van der Waals surface area contributed by atoms with Crippen molar-refractivity contribution in [2.45, 2.75) is 25.4 Å². The first kappa shape index (κ1) is 16.6. The Bertz CT molecular complexity index is 462. The third kappa shape index (κ3) is 4.02. The van der Waals surface area contributed by atoms with Crippen LogP contribution in [-0.2, 0) is 14.9 Å². The van der Waals surface area contributed by atoms with Gasteiger partial charge in [-0.15, -0.1) is 0 Å². The highest BCUT2D eigenvalue weighted by Gasteiger charge is 2.33. The SMILES string of the molecule is COC[C@H](O)CN(C)C(=O)C(C)(C)c1cccc(F)c1. The number of hydrogen-bond acceptors (Lipinski definition) is 3. The van der Waals surface area contributed by atoms with Crippen LogP contribution < -0.4 is 0 Å². The fourth-order valence-electron chi connectivity index (χ4n) is 2.12. The van der Waals surface area contributed by atoms with Crippen LogP contribution in [0.5, 0.6) is 0 Å². The molecule has 0 heterocycles. The van der Waals surface area contributed by atoms with E-state index in [1.54, 1.807) is 33.0 Å². The van der Waals surface area contributed by atoms with Crippen LogP contribution >= 0.6 is 0 Å². The van der Waals surface area contributed by atoms with Gasteiger partial charge in [-0.1, -0.05) is 12.1 Å². The van der Waals surface area contributed by atoms with Crippen LogP contribution in [0.1, 0.15) is 19.4 Å². The Morgan fingerprint density at radius 3 is 2.70 bits per heavy atom.